The molecule has 2 rings (SSSR count). The zero-order valence-corrected chi connectivity index (χ0v) is 12.7. The summed E-state index contributed by atoms with van der Waals surface area (Å²) in [7, 11) is -3.22. The molecule has 0 spiro atoms. The van der Waals surface area contributed by atoms with Gasteiger partial charge in [-0.1, -0.05) is 18.2 Å². The van der Waals surface area contributed by atoms with Gasteiger partial charge in [0.25, 0.3) is 0 Å². The van der Waals surface area contributed by atoms with E-state index in [-0.39, 0.29) is 0 Å². The summed E-state index contributed by atoms with van der Waals surface area (Å²) in [5, 5.41) is 12.1. The van der Waals surface area contributed by atoms with Crippen LogP contribution in [-0.2, 0) is 16.4 Å². The van der Waals surface area contributed by atoms with Crippen molar-refractivity contribution in [1.82, 2.24) is 0 Å². The molecule has 0 fully saturated rings. The maximum Gasteiger partial charge on any atom is 0.175 e. The lowest BCUT2D eigenvalue weighted by molar-refractivity contribution is 0.602. The third-order valence-corrected chi connectivity index (χ3v) is 4.29. The average molecular weight is 300 g/mol. The van der Waals surface area contributed by atoms with Crippen LogP contribution in [0.1, 0.15) is 16.7 Å². The second kappa shape index (κ2) is 5.98. The molecule has 0 aromatic heterocycles. The fraction of sp³-hybridized carbons (Fsp3) is 0.188. The zero-order valence-electron chi connectivity index (χ0n) is 11.9. The Morgan fingerprint density at radius 2 is 1.95 bits per heavy atom. The van der Waals surface area contributed by atoms with Crippen molar-refractivity contribution in [2.24, 2.45) is 0 Å². The second-order valence-corrected chi connectivity index (χ2v) is 6.93. The number of sulfone groups is 1. The van der Waals surface area contributed by atoms with E-state index < -0.39 is 9.84 Å². The van der Waals surface area contributed by atoms with Crippen LogP contribution in [0, 0.1) is 18.3 Å². The Hall–Kier alpha value is -2.32. The minimum Gasteiger partial charge on any atom is -0.381 e. The normalized spacial score (nSPS) is 10.9. The lowest BCUT2D eigenvalue weighted by atomic mass is 10.1. The molecule has 0 aliphatic heterocycles. The molecule has 0 saturated carbocycles. The summed E-state index contributed by atoms with van der Waals surface area (Å²) in [4.78, 5) is 0.293. The van der Waals surface area contributed by atoms with Crippen molar-refractivity contribution in [3.63, 3.8) is 0 Å². The number of anilines is 1. The van der Waals surface area contributed by atoms with E-state index in [2.05, 4.69) is 11.4 Å². The molecule has 0 amide bonds. The van der Waals surface area contributed by atoms with E-state index in [1.165, 1.54) is 6.26 Å². The predicted octanol–water partition coefficient (Wildman–Crippen LogP) is 2.88. The van der Waals surface area contributed by atoms with Crippen molar-refractivity contribution in [2.75, 3.05) is 11.6 Å². The van der Waals surface area contributed by atoms with Gasteiger partial charge in [-0.25, -0.2) is 8.42 Å². The van der Waals surface area contributed by atoms with Crippen molar-refractivity contribution in [2.45, 2.75) is 18.4 Å². The number of nitriles is 1. The summed E-state index contributed by atoms with van der Waals surface area (Å²) in [6, 6.07) is 14.4. The summed E-state index contributed by atoms with van der Waals surface area (Å²) in [6.45, 7) is 2.45. The number of hydrogen-bond acceptors (Lipinski definition) is 4. The molecule has 0 aliphatic carbocycles. The molecule has 2 aromatic carbocycles. The molecule has 0 bridgehead atoms. The maximum absolute atomic E-state index is 11.6. The molecule has 108 valence electrons. The third-order valence-electron chi connectivity index (χ3n) is 3.18. The Bertz CT molecular complexity index is 805. The van der Waals surface area contributed by atoms with Gasteiger partial charge in [0.15, 0.2) is 9.84 Å². The first kappa shape index (κ1) is 15.1. The number of hydrogen-bond donors (Lipinski definition) is 1. The predicted molar refractivity (Wildman–Crippen MR) is 82.8 cm³/mol. The molecular weight excluding hydrogens is 284 g/mol. The highest BCUT2D eigenvalue weighted by molar-refractivity contribution is 7.90. The molecule has 1 N–H and O–H groups in total. The molecule has 0 atom stereocenters. The summed E-state index contributed by atoms with van der Waals surface area (Å²) in [6.07, 6.45) is 1.19. The van der Waals surface area contributed by atoms with Crippen LogP contribution in [0.4, 0.5) is 5.69 Å². The van der Waals surface area contributed by atoms with Crippen molar-refractivity contribution < 1.29 is 8.42 Å². The van der Waals surface area contributed by atoms with Crippen LogP contribution >= 0.6 is 0 Å². The summed E-state index contributed by atoms with van der Waals surface area (Å²) in [5.74, 6) is 0. The minimum atomic E-state index is -3.22. The van der Waals surface area contributed by atoms with Crippen LogP contribution in [0.5, 0.6) is 0 Å². The lowest BCUT2D eigenvalue weighted by Crippen LogP contribution is -2.04. The summed E-state index contributed by atoms with van der Waals surface area (Å²) >= 11 is 0. The monoisotopic (exact) mass is 300 g/mol. The molecule has 21 heavy (non-hydrogen) atoms. The van der Waals surface area contributed by atoms with Gasteiger partial charge in [-0.15, -0.1) is 0 Å². The highest BCUT2D eigenvalue weighted by Gasteiger charge is 2.09. The molecule has 0 aliphatic rings. The van der Waals surface area contributed by atoms with Crippen LogP contribution in [0.3, 0.4) is 0 Å². The second-order valence-electron chi connectivity index (χ2n) is 4.91. The fourth-order valence-electron chi connectivity index (χ4n) is 1.97. The van der Waals surface area contributed by atoms with Gasteiger partial charge in [-0.3, -0.25) is 0 Å². The molecule has 4 nitrogen and oxygen atoms in total. The molecule has 0 heterocycles. The van der Waals surface area contributed by atoms with Gasteiger partial charge < -0.3 is 5.32 Å². The Balaban J connectivity index is 2.22. The molecular formula is C16H16N2O2S. The first-order valence-electron chi connectivity index (χ1n) is 6.44. The number of nitrogens with zero attached hydrogens (tertiary/aromatic N) is 1. The van der Waals surface area contributed by atoms with E-state index in [0.29, 0.717) is 17.0 Å². The molecule has 0 unspecified atom stereocenters. The smallest absolute Gasteiger partial charge is 0.175 e. The van der Waals surface area contributed by atoms with Crippen molar-refractivity contribution in [3.05, 3.63) is 59.2 Å². The number of rotatable bonds is 4. The molecule has 0 saturated heterocycles. The van der Waals surface area contributed by atoms with Crippen molar-refractivity contribution in [3.8, 4) is 6.07 Å². The fourth-order valence-corrected chi connectivity index (χ4v) is 2.62. The average Bonchev–Trinajstić information content (AvgIpc) is 2.45. The first-order valence-corrected chi connectivity index (χ1v) is 8.33. The highest BCUT2D eigenvalue weighted by atomic mass is 32.2. The van der Waals surface area contributed by atoms with Crippen LogP contribution < -0.4 is 5.32 Å². The van der Waals surface area contributed by atoms with Gasteiger partial charge in [0.1, 0.15) is 0 Å². The van der Waals surface area contributed by atoms with E-state index in [0.717, 1.165) is 16.8 Å². The van der Waals surface area contributed by atoms with Crippen LogP contribution in [0.15, 0.2) is 47.4 Å². The van der Waals surface area contributed by atoms with Gasteiger partial charge in [0, 0.05) is 18.5 Å². The van der Waals surface area contributed by atoms with Gasteiger partial charge in [-0.05, 0) is 42.3 Å². The lowest BCUT2D eigenvalue weighted by Gasteiger charge is -2.11. The zero-order chi connectivity index (χ0) is 15.5. The molecule has 5 heteroatoms. The quantitative estimate of drug-likeness (QED) is 0.942. The van der Waals surface area contributed by atoms with Crippen molar-refractivity contribution >= 4 is 15.5 Å². The topological polar surface area (TPSA) is 70.0 Å². The summed E-state index contributed by atoms with van der Waals surface area (Å²) in [5.41, 5.74) is 3.33. The van der Waals surface area contributed by atoms with E-state index in [1.807, 2.05) is 25.1 Å². The largest absolute Gasteiger partial charge is 0.381 e. The number of benzene rings is 2. The first-order chi connectivity index (χ1) is 9.90. The van der Waals surface area contributed by atoms with E-state index in [9.17, 15) is 8.42 Å². The summed E-state index contributed by atoms with van der Waals surface area (Å²) < 4.78 is 23.2. The van der Waals surface area contributed by atoms with E-state index in [1.54, 1.807) is 24.3 Å². The third kappa shape index (κ3) is 3.83. The van der Waals surface area contributed by atoms with Crippen molar-refractivity contribution in [1.29, 1.82) is 5.26 Å². The highest BCUT2D eigenvalue weighted by Crippen LogP contribution is 2.21. The Morgan fingerprint density at radius 3 is 2.62 bits per heavy atom. The Kier molecular flexibility index (Phi) is 4.29. The van der Waals surface area contributed by atoms with E-state index >= 15 is 0 Å². The minimum absolute atomic E-state index is 0.293. The van der Waals surface area contributed by atoms with Crippen LogP contribution in [0.25, 0.3) is 0 Å². The Labute approximate surface area is 125 Å². The van der Waals surface area contributed by atoms with Crippen LogP contribution in [-0.4, -0.2) is 14.7 Å². The SMILES string of the molecule is Cc1ccc(S(C)(=O)=O)cc1NCc1cccc(C#N)c1. The van der Waals surface area contributed by atoms with Gasteiger partial charge >= 0.3 is 0 Å². The standard InChI is InChI=1S/C16H16N2O2S/c1-12-6-7-15(21(2,19)20)9-16(12)18-11-14-5-3-4-13(8-14)10-17/h3-9,18H,11H2,1-2H3. The number of aryl methyl sites for hydroxylation is 1. The molecule has 2 aromatic rings. The maximum atomic E-state index is 11.6. The van der Waals surface area contributed by atoms with E-state index in [4.69, 9.17) is 5.26 Å². The molecule has 0 radical (unpaired) electrons. The number of nitrogens with one attached hydrogen (secondary N) is 1. The van der Waals surface area contributed by atoms with Gasteiger partial charge in [0.2, 0.25) is 0 Å². The van der Waals surface area contributed by atoms with Gasteiger partial charge in [0.05, 0.1) is 16.5 Å². The Morgan fingerprint density at radius 1 is 1.19 bits per heavy atom. The van der Waals surface area contributed by atoms with Gasteiger partial charge in [-0.2, -0.15) is 5.26 Å². The van der Waals surface area contributed by atoms with Crippen LogP contribution in [0.2, 0.25) is 0 Å².